The van der Waals surface area contributed by atoms with Crippen molar-refractivity contribution in [3.8, 4) is 5.75 Å². The Balaban J connectivity index is 2.07. The molecule has 1 N–H and O–H groups in total. The van der Waals surface area contributed by atoms with Gasteiger partial charge in [0.05, 0.1) is 11.5 Å². The van der Waals surface area contributed by atoms with Gasteiger partial charge in [0.25, 0.3) is 5.91 Å². The van der Waals surface area contributed by atoms with Gasteiger partial charge in [0.1, 0.15) is 5.75 Å². The Labute approximate surface area is 118 Å². The number of phenols is 1. The fourth-order valence-electron chi connectivity index (χ4n) is 2.26. The number of alkyl halides is 3. The summed E-state index contributed by atoms with van der Waals surface area (Å²) in [5.41, 5.74) is 0.0166. The van der Waals surface area contributed by atoms with E-state index in [1.807, 2.05) is 0 Å². The summed E-state index contributed by atoms with van der Waals surface area (Å²) in [6.07, 6.45) is -4.44. The summed E-state index contributed by atoms with van der Waals surface area (Å²) in [6, 6.07) is 4.04. The molecule has 0 aromatic heterocycles. The Morgan fingerprint density at radius 2 is 1.90 bits per heavy atom. The quantitative estimate of drug-likeness (QED) is 0.863. The smallest absolute Gasteiger partial charge is 0.391 e. The highest BCUT2D eigenvalue weighted by atomic mass is 35.5. The Bertz CT molecular complexity index is 511. The van der Waals surface area contributed by atoms with Gasteiger partial charge in [-0.3, -0.25) is 4.79 Å². The molecular formula is C13H13ClF3NO2. The van der Waals surface area contributed by atoms with E-state index in [4.69, 9.17) is 11.6 Å². The zero-order valence-electron chi connectivity index (χ0n) is 10.5. The van der Waals surface area contributed by atoms with E-state index in [2.05, 4.69) is 0 Å². The molecular weight excluding hydrogens is 295 g/mol. The van der Waals surface area contributed by atoms with E-state index in [-0.39, 0.29) is 42.3 Å². The molecule has 1 aliphatic rings. The van der Waals surface area contributed by atoms with Crippen LogP contribution >= 0.6 is 11.6 Å². The Morgan fingerprint density at radius 3 is 2.45 bits per heavy atom. The second-order valence-corrected chi connectivity index (χ2v) is 5.21. The van der Waals surface area contributed by atoms with Crippen LogP contribution in [0.4, 0.5) is 13.2 Å². The molecule has 3 nitrogen and oxygen atoms in total. The standard InChI is InChI=1S/C13H13ClF3NO2/c14-9-1-2-11(19)10(7-9)12(20)18-5-3-8(4-6-18)13(15,16)17/h1-2,7-8,19H,3-6H2. The average Bonchev–Trinajstić information content (AvgIpc) is 2.40. The minimum atomic E-state index is -4.21. The molecule has 0 radical (unpaired) electrons. The number of hydrogen-bond acceptors (Lipinski definition) is 2. The van der Waals surface area contributed by atoms with Crippen molar-refractivity contribution in [3.63, 3.8) is 0 Å². The van der Waals surface area contributed by atoms with Gasteiger partial charge < -0.3 is 10.0 Å². The van der Waals surface area contributed by atoms with Crippen molar-refractivity contribution in [3.05, 3.63) is 28.8 Å². The Morgan fingerprint density at radius 1 is 1.30 bits per heavy atom. The number of hydrogen-bond donors (Lipinski definition) is 1. The van der Waals surface area contributed by atoms with Gasteiger partial charge in [0.15, 0.2) is 0 Å². The van der Waals surface area contributed by atoms with E-state index in [1.54, 1.807) is 0 Å². The van der Waals surface area contributed by atoms with Crippen molar-refractivity contribution in [1.29, 1.82) is 0 Å². The van der Waals surface area contributed by atoms with Crippen LogP contribution in [0.5, 0.6) is 5.75 Å². The minimum Gasteiger partial charge on any atom is -0.507 e. The number of halogens is 4. The minimum absolute atomic E-state index is 0.0166. The molecule has 1 saturated heterocycles. The number of rotatable bonds is 1. The number of piperidine rings is 1. The topological polar surface area (TPSA) is 40.5 Å². The number of likely N-dealkylation sites (tertiary alicyclic amines) is 1. The second-order valence-electron chi connectivity index (χ2n) is 4.77. The molecule has 0 saturated carbocycles. The molecule has 20 heavy (non-hydrogen) atoms. The number of carbonyl (C=O) groups excluding carboxylic acids is 1. The molecule has 0 unspecified atom stereocenters. The maximum Gasteiger partial charge on any atom is 0.391 e. The monoisotopic (exact) mass is 307 g/mol. The van der Waals surface area contributed by atoms with Gasteiger partial charge in [-0.05, 0) is 31.0 Å². The highest BCUT2D eigenvalue weighted by Crippen LogP contribution is 2.35. The van der Waals surface area contributed by atoms with E-state index in [9.17, 15) is 23.1 Å². The maximum absolute atomic E-state index is 12.5. The summed E-state index contributed by atoms with van der Waals surface area (Å²) in [5, 5.41) is 9.92. The Kier molecular flexibility index (Phi) is 4.13. The maximum atomic E-state index is 12.5. The number of phenolic OH excluding ortho intramolecular Hbond substituents is 1. The van der Waals surface area contributed by atoms with E-state index in [1.165, 1.54) is 23.1 Å². The van der Waals surface area contributed by atoms with E-state index >= 15 is 0 Å². The lowest BCUT2D eigenvalue weighted by Gasteiger charge is -2.33. The molecule has 1 fully saturated rings. The van der Waals surface area contributed by atoms with Gasteiger partial charge >= 0.3 is 6.18 Å². The average molecular weight is 308 g/mol. The van der Waals surface area contributed by atoms with Crippen LogP contribution in [0.2, 0.25) is 5.02 Å². The fourth-order valence-corrected chi connectivity index (χ4v) is 2.43. The number of benzene rings is 1. The zero-order valence-corrected chi connectivity index (χ0v) is 11.2. The summed E-state index contributed by atoms with van der Waals surface area (Å²) in [5.74, 6) is -2.08. The van der Waals surface area contributed by atoms with Gasteiger partial charge in [-0.1, -0.05) is 11.6 Å². The normalized spacial score (nSPS) is 17.3. The molecule has 1 aromatic carbocycles. The molecule has 0 spiro atoms. The lowest BCUT2D eigenvalue weighted by Crippen LogP contribution is -2.42. The van der Waals surface area contributed by atoms with E-state index in [0.717, 1.165) is 0 Å². The third kappa shape index (κ3) is 3.17. The molecule has 1 aromatic rings. The molecule has 110 valence electrons. The van der Waals surface area contributed by atoms with Crippen molar-refractivity contribution in [2.24, 2.45) is 5.92 Å². The lowest BCUT2D eigenvalue weighted by atomic mass is 9.96. The van der Waals surface area contributed by atoms with Gasteiger partial charge in [0.2, 0.25) is 0 Å². The largest absolute Gasteiger partial charge is 0.507 e. The molecule has 0 atom stereocenters. The molecule has 2 rings (SSSR count). The van der Waals surface area contributed by atoms with Crippen molar-refractivity contribution >= 4 is 17.5 Å². The molecule has 0 bridgehead atoms. The van der Waals surface area contributed by atoms with Crippen LogP contribution < -0.4 is 0 Å². The summed E-state index contributed by atoms with van der Waals surface area (Å²) in [4.78, 5) is 13.5. The van der Waals surface area contributed by atoms with Crippen molar-refractivity contribution in [1.82, 2.24) is 4.90 Å². The van der Waals surface area contributed by atoms with E-state index in [0.29, 0.717) is 0 Å². The number of carbonyl (C=O) groups is 1. The molecule has 1 aliphatic heterocycles. The predicted molar refractivity (Wildman–Crippen MR) is 67.8 cm³/mol. The third-order valence-corrected chi connectivity index (χ3v) is 3.67. The van der Waals surface area contributed by atoms with Crippen LogP contribution in [-0.2, 0) is 0 Å². The third-order valence-electron chi connectivity index (χ3n) is 3.43. The molecule has 0 aliphatic carbocycles. The zero-order chi connectivity index (χ0) is 14.9. The van der Waals surface area contributed by atoms with Gasteiger partial charge in [-0.2, -0.15) is 13.2 Å². The first-order valence-corrected chi connectivity index (χ1v) is 6.51. The second kappa shape index (κ2) is 5.52. The summed E-state index contributed by atoms with van der Waals surface area (Å²) in [7, 11) is 0. The molecule has 1 amide bonds. The number of aromatic hydroxyl groups is 1. The van der Waals surface area contributed by atoms with Crippen molar-refractivity contribution in [2.75, 3.05) is 13.1 Å². The van der Waals surface area contributed by atoms with Crippen LogP contribution in [0.15, 0.2) is 18.2 Å². The van der Waals surface area contributed by atoms with Crippen molar-refractivity contribution in [2.45, 2.75) is 19.0 Å². The summed E-state index contributed by atoms with van der Waals surface area (Å²) in [6.45, 7) is 0.0456. The van der Waals surface area contributed by atoms with Crippen LogP contribution in [0.1, 0.15) is 23.2 Å². The SMILES string of the molecule is O=C(c1cc(Cl)ccc1O)N1CCC(C(F)(F)F)CC1. The van der Waals surface area contributed by atoms with Crippen LogP contribution in [0.25, 0.3) is 0 Å². The summed E-state index contributed by atoms with van der Waals surface area (Å²) < 4.78 is 37.6. The van der Waals surface area contributed by atoms with Crippen LogP contribution in [-0.4, -0.2) is 35.2 Å². The first-order chi connectivity index (χ1) is 9.29. The molecule has 7 heteroatoms. The first-order valence-electron chi connectivity index (χ1n) is 6.13. The fraction of sp³-hybridized carbons (Fsp3) is 0.462. The van der Waals surface area contributed by atoms with Crippen LogP contribution in [0, 0.1) is 5.92 Å². The molecule has 1 heterocycles. The highest BCUT2D eigenvalue weighted by molar-refractivity contribution is 6.31. The predicted octanol–water partition coefficient (Wildman–Crippen LogP) is 3.46. The van der Waals surface area contributed by atoms with Crippen LogP contribution in [0.3, 0.4) is 0 Å². The van der Waals surface area contributed by atoms with Gasteiger partial charge in [-0.15, -0.1) is 0 Å². The van der Waals surface area contributed by atoms with Gasteiger partial charge in [-0.25, -0.2) is 0 Å². The lowest BCUT2D eigenvalue weighted by molar-refractivity contribution is -0.183. The number of amides is 1. The van der Waals surface area contributed by atoms with Gasteiger partial charge in [0, 0.05) is 18.1 Å². The van der Waals surface area contributed by atoms with Crippen molar-refractivity contribution < 1.29 is 23.1 Å². The summed E-state index contributed by atoms with van der Waals surface area (Å²) >= 11 is 5.75. The highest BCUT2D eigenvalue weighted by Gasteiger charge is 2.41. The number of nitrogens with zero attached hydrogens (tertiary/aromatic N) is 1. The first kappa shape index (κ1) is 15.0. The van der Waals surface area contributed by atoms with E-state index < -0.39 is 18.0 Å². The Hall–Kier alpha value is -1.43.